The van der Waals surface area contributed by atoms with Crippen molar-refractivity contribution in [3.05, 3.63) is 29.0 Å². The van der Waals surface area contributed by atoms with Gasteiger partial charge in [0.1, 0.15) is 0 Å². The highest BCUT2D eigenvalue weighted by Gasteiger charge is 2.25. The summed E-state index contributed by atoms with van der Waals surface area (Å²) in [6.07, 6.45) is 5.59. The Kier molecular flexibility index (Phi) is 4.60. The lowest BCUT2D eigenvalue weighted by molar-refractivity contribution is 0.340. The first-order valence-electron chi connectivity index (χ1n) is 5.20. The minimum Gasteiger partial charge on any atom is -0.263 e. The number of hydrogen-bond acceptors (Lipinski definition) is 1. The van der Waals surface area contributed by atoms with Crippen molar-refractivity contribution in [1.29, 1.82) is 0 Å². The van der Waals surface area contributed by atoms with Crippen LogP contribution in [0.5, 0.6) is 0 Å². The van der Waals surface area contributed by atoms with Crippen molar-refractivity contribution in [1.82, 2.24) is 4.98 Å². The van der Waals surface area contributed by atoms with Gasteiger partial charge in [0.25, 0.3) is 0 Å². The quantitative estimate of drug-likeness (QED) is 0.745. The number of alkyl halides is 1. The van der Waals surface area contributed by atoms with Crippen molar-refractivity contribution in [2.45, 2.75) is 38.4 Å². The fourth-order valence-corrected chi connectivity index (χ4v) is 2.13. The molecule has 0 aliphatic rings. The van der Waals surface area contributed by atoms with Crippen LogP contribution in [-0.4, -0.2) is 9.81 Å². The fraction of sp³-hybridized carbons (Fsp3) is 0.583. The summed E-state index contributed by atoms with van der Waals surface area (Å²) in [5.41, 5.74) is 1.45. The van der Waals surface area contributed by atoms with Crippen molar-refractivity contribution >= 4 is 27.5 Å². The topological polar surface area (TPSA) is 12.9 Å². The zero-order valence-electron chi connectivity index (χ0n) is 9.43. The molecule has 1 aromatic heterocycles. The van der Waals surface area contributed by atoms with E-state index in [9.17, 15) is 0 Å². The smallest absolute Gasteiger partial charge is 0.0621 e. The second-order valence-electron chi connectivity index (χ2n) is 4.48. The standard InChI is InChI=1S/C12H17BrClN/c1-4-12(2,3)11(13)7-9-5-6-15-8-10(9)14/h5-6,8,11H,4,7H2,1-3H3. The molecule has 1 atom stereocenters. The molecule has 0 aromatic carbocycles. The fourth-order valence-electron chi connectivity index (χ4n) is 1.26. The first-order valence-corrected chi connectivity index (χ1v) is 6.49. The molecular weight excluding hydrogens is 273 g/mol. The maximum absolute atomic E-state index is 6.08. The Morgan fingerprint density at radius 1 is 1.53 bits per heavy atom. The first kappa shape index (κ1) is 13.0. The van der Waals surface area contributed by atoms with E-state index in [0.717, 1.165) is 23.4 Å². The summed E-state index contributed by atoms with van der Waals surface area (Å²) < 4.78 is 0. The zero-order chi connectivity index (χ0) is 11.5. The third-order valence-corrected chi connectivity index (χ3v) is 4.92. The molecule has 1 heterocycles. The number of halogens is 2. The molecule has 0 saturated carbocycles. The third kappa shape index (κ3) is 3.46. The largest absolute Gasteiger partial charge is 0.263 e. The van der Waals surface area contributed by atoms with E-state index in [2.05, 4.69) is 41.7 Å². The lowest BCUT2D eigenvalue weighted by atomic mass is 9.84. The third-order valence-electron chi connectivity index (χ3n) is 3.01. The Morgan fingerprint density at radius 3 is 2.73 bits per heavy atom. The summed E-state index contributed by atoms with van der Waals surface area (Å²) in [5.74, 6) is 0. The number of aromatic nitrogens is 1. The molecule has 0 radical (unpaired) electrons. The molecular formula is C12H17BrClN. The second-order valence-corrected chi connectivity index (χ2v) is 5.99. The summed E-state index contributed by atoms with van der Waals surface area (Å²) in [7, 11) is 0. The van der Waals surface area contributed by atoms with Crippen LogP contribution in [0.25, 0.3) is 0 Å². The van der Waals surface area contributed by atoms with Crippen molar-refractivity contribution < 1.29 is 0 Å². The number of pyridine rings is 1. The Balaban J connectivity index is 2.75. The first-order chi connectivity index (χ1) is 6.97. The molecule has 0 N–H and O–H groups in total. The van der Waals surface area contributed by atoms with Crippen molar-refractivity contribution in [3.63, 3.8) is 0 Å². The van der Waals surface area contributed by atoms with Crippen molar-refractivity contribution in [2.75, 3.05) is 0 Å². The minimum absolute atomic E-state index is 0.284. The van der Waals surface area contributed by atoms with Gasteiger partial charge in [0.15, 0.2) is 0 Å². The number of nitrogens with zero attached hydrogens (tertiary/aromatic N) is 1. The average molecular weight is 291 g/mol. The van der Waals surface area contributed by atoms with Gasteiger partial charge in [-0.15, -0.1) is 0 Å². The predicted octanol–water partition coefficient (Wildman–Crippen LogP) is 4.48. The summed E-state index contributed by atoms with van der Waals surface area (Å²) in [6, 6.07) is 1.99. The number of hydrogen-bond donors (Lipinski definition) is 0. The maximum atomic E-state index is 6.08. The van der Waals surface area contributed by atoms with Gasteiger partial charge < -0.3 is 0 Å². The summed E-state index contributed by atoms with van der Waals surface area (Å²) in [5, 5.41) is 0.758. The molecule has 1 nitrogen and oxygen atoms in total. The van der Waals surface area contributed by atoms with Crippen LogP contribution in [0.2, 0.25) is 5.02 Å². The Morgan fingerprint density at radius 2 is 2.20 bits per heavy atom. The molecule has 0 fully saturated rings. The molecule has 1 rings (SSSR count). The molecule has 0 bridgehead atoms. The van der Waals surface area contributed by atoms with Gasteiger partial charge in [0.05, 0.1) is 5.02 Å². The molecule has 1 aromatic rings. The molecule has 0 amide bonds. The van der Waals surface area contributed by atoms with E-state index in [1.165, 1.54) is 0 Å². The Bertz CT molecular complexity index is 325. The summed E-state index contributed by atoms with van der Waals surface area (Å²) in [6.45, 7) is 6.74. The van der Waals surface area contributed by atoms with Crippen LogP contribution in [0, 0.1) is 5.41 Å². The van der Waals surface area contributed by atoms with Crippen LogP contribution in [0.4, 0.5) is 0 Å². The van der Waals surface area contributed by atoms with Crippen molar-refractivity contribution in [3.8, 4) is 0 Å². The van der Waals surface area contributed by atoms with E-state index in [1.54, 1.807) is 12.4 Å². The van der Waals surface area contributed by atoms with Crippen LogP contribution in [0.1, 0.15) is 32.8 Å². The lowest BCUT2D eigenvalue weighted by Crippen LogP contribution is -2.25. The highest BCUT2D eigenvalue weighted by Crippen LogP contribution is 2.33. The van der Waals surface area contributed by atoms with E-state index < -0.39 is 0 Å². The van der Waals surface area contributed by atoms with Gasteiger partial charge in [-0.3, -0.25) is 4.98 Å². The van der Waals surface area contributed by atoms with Gasteiger partial charge in [0, 0.05) is 17.2 Å². The molecule has 0 spiro atoms. The molecule has 84 valence electrons. The average Bonchev–Trinajstić information content (AvgIpc) is 2.21. The Hall–Kier alpha value is -0.0800. The van der Waals surface area contributed by atoms with Gasteiger partial charge >= 0.3 is 0 Å². The van der Waals surface area contributed by atoms with Gasteiger partial charge in [-0.1, -0.05) is 48.3 Å². The molecule has 1 unspecified atom stereocenters. The van der Waals surface area contributed by atoms with Crippen LogP contribution in [-0.2, 0) is 6.42 Å². The van der Waals surface area contributed by atoms with E-state index in [1.807, 2.05) is 6.07 Å². The van der Waals surface area contributed by atoms with E-state index >= 15 is 0 Å². The van der Waals surface area contributed by atoms with Gasteiger partial charge in [-0.2, -0.15) is 0 Å². The lowest BCUT2D eigenvalue weighted by Gasteiger charge is -2.29. The molecule has 0 aliphatic heterocycles. The summed E-state index contributed by atoms with van der Waals surface area (Å²) in [4.78, 5) is 4.43. The molecule has 0 aliphatic carbocycles. The van der Waals surface area contributed by atoms with Crippen LogP contribution < -0.4 is 0 Å². The van der Waals surface area contributed by atoms with E-state index in [0.29, 0.717) is 4.83 Å². The molecule has 0 saturated heterocycles. The second kappa shape index (κ2) is 5.31. The predicted molar refractivity (Wildman–Crippen MR) is 69.7 cm³/mol. The van der Waals surface area contributed by atoms with Crippen LogP contribution in [0.3, 0.4) is 0 Å². The van der Waals surface area contributed by atoms with Crippen LogP contribution in [0.15, 0.2) is 18.5 Å². The maximum Gasteiger partial charge on any atom is 0.0621 e. The minimum atomic E-state index is 0.284. The monoisotopic (exact) mass is 289 g/mol. The SMILES string of the molecule is CCC(C)(C)C(Br)Cc1ccncc1Cl. The Labute approximate surface area is 105 Å². The normalized spacial score (nSPS) is 13.9. The van der Waals surface area contributed by atoms with Gasteiger partial charge in [0.2, 0.25) is 0 Å². The molecule has 15 heavy (non-hydrogen) atoms. The van der Waals surface area contributed by atoms with Crippen molar-refractivity contribution in [2.24, 2.45) is 5.41 Å². The van der Waals surface area contributed by atoms with E-state index in [-0.39, 0.29) is 5.41 Å². The highest BCUT2D eigenvalue weighted by molar-refractivity contribution is 9.09. The van der Waals surface area contributed by atoms with Crippen LogP contribution >= 0.6 is 27.5 Å². The van der Waals surface area contributed by atoms with Gasteiger partial charge in [-0.25, -0.2) is 0 Å². The summed E-state index contributed by atoms with van der Waals surface area (Å²) >= 11 is 9.83. The zero-order valence-corrected chi connectivity index (χ0v) is 11.8. The van der Waals surface area contributed by atoms with E-state index in [4.69, 9.17) is 11.6 Å². The number of rotatable bonds is 4. The van der Waals surface area contributed by atoms with Gasteiger partial charge in [-0.05, 0) is 29.9 Å². The molecule has 3 heteroatoms. The highest BCUT2D eigenvalue weighted by atomic mass is 79.9.